The largest absolute Gasteiger partial charge is 0.315 e. The minimum Gasteiger partial charge on any atom is -0.315 e. The molecule has 2 aromatic carbocycles. The molecule has 1 aliphatic heterocycles. The molecule has 0 spiro atoms. The number of halogens is 2. The van der Waals surface area contributed by atoms with Crippen LogP contribution in [-0.2, 0) is 0 Å². The SMILES string of the molecule is O=C(c1ccc(-n2nnc3cccnc32)cc1F)N(c1nccc2cc(Br)ccc12)[C@@H]1CCCNC1. The summed E-state index contributed by atoms with van der Waals surface area (Å²) < 4.78 is 17.9. The molecule has 4 heterocycles. The maximum absolute atomic E-state index is 15.5. The molecule has 1 amide bonds. The Labute approximate surface area is 214 Å². The van der Waals surface area contributed by atoms with Gasteiger partial charge in [-0.1, -0.05) is 21.1 Å². The third kappa shape index (κ3) is 4.02. The van der Waals surface area contributed by atoms with Crippen molar-refractivity contribution < 1.29 is 9.18 Å². The first-order valence-electron chi connectivity index (χ1n) is 11.6. The van der Waals surface area contributed by atoms with Crippen LogP contribution in [0.3, 0.4) is 0 Å². The van der Waals surface area contributed by atoms with Crippen molar-refractivity contribution in [3.8, 4) is 5.69 Å². The maximum Gasteiger partial charge on any atom is 0.262 e. The predicted octanol–water partition coefficient (Wildman–Crippen LogP) is 4.66. The Bertz CT molecular complexity index is 1600. The lowest BCUT2D eigenvalue weighted by atomic mass is 10.0. The number of nitrogens with zero attached hydrogens (tertiary/aromatic N) is 6. The number of carbonyl (C=O) groups is 1. The molecule has 1 aliphatic rings. The van der Waals surface area contributed by atoms with E-state index in [0.29, 0.717) is 29.2 Å². The van der Waals surface area contributed by atoms with Crippen molar-refractivity contribution in [3.05, 3.63) is 82.8 Å². The molecule has 1 N–H and O–H groups in total. The van der Waals surface area contributed by atoms with Gasteiger partial charge in [0.25, 0.3) is 5.91 Å². The van der Waals surface area contributed by atoms with Crippen LogP contribution in [0.2, 0.25) is 0 Å². The first-order chi connectivity index (χ1) is 17.6. The standard InChI is InChI=1S/C26H21BrFN7O/c27-17-5-7-20-16(13-17)9-12-31-24(20)34(19-3-1-10-29-15-19)26(36)21-8-6-18(14-22(21)28)35-25-23(32-33-35)4-2-11-30-25/h2,4-9,11-14,19,29H,1,3,10,15H2/t19-/m1/s1. The van der Waals surface area contributed by atoms with Gasteiger partial charge in [0.15, 0.2) is 5.65 Å². The molecule has 5 aromatic rings. The topological polar surface area (TPSA) is 88.8 Å². The zero-order valence-electron chi connectivity index (χ0n) is 19.1. The van der Waals surface area contributed by atoms with Crippen molar-refractivity contribution in [2.45, 2.75) is 18.9 Å². The van der Waals surface area contributed by atoms with E-state index >= 15 is 4.39 Å². The highest BCUT2D eigenvalue weighted by atomic mass is 79.9. The smallest absolute Gasteiger partial charge is 0.262 e. The average Bonchev–Trinajstić information content (AvgIpc) is 3.33. The summed E-state index contributed by atoms with van der Waals surface area (Å²) in [5.41, 5.74) is 1.52. The number of amides is 1. The minimum atomic E-state index is -0.645. The van der Waals surface area contributed by atoms with E-state index in [9.17, 15) is 4.79 Å². The molecular weight excluding hydrogens is 525 g/mol. The Balaban J connectivity index is 1.43. The molecule has 1 fully saturated rings. The maximum atomic E-state index is 15.5. The molecule has 0 bridgehead atoms. The van der Waals surface area contributed by atoms with Gasteiger partial charge in [0.2, 0.25) is 0 Å². The second-order valence-electron chi connectivity index (χ2n) is 8.69. The monoisotopic (exact) mass is 545 g/mol. The normalized spacial score (nSPS) is 15.9. The van der Waals surface area contributed by atoms with E-state index in [1.807, 2.05) is 24.3 Å². The summed E-state index contributed by atoms with van der Waals surface area (Å²) in [6.45, 7) is 1.49. The highest BCUT2D eigenvalue weighted by molar-refractivity contribution is 9.10. The number of hydrogen-bond donors (Lipinski definition) is 1. The Morgan fingerprint density at radius 2 is 2.03 bits per heavy atom. The molecule has 36 heavy (non-hydrogen) atoms. The number of fused-ring (bicyclic) bond motifs is 2. The molecule has 6 rings (SSSR count). The van der Waals surface area contributed by atoms with Crippen molar-refractivity contribution in [2.75, 3.05) is 18.0 Å². The minimum absolute atomic E-state index is 0.0300. The van der Waals surface area contributed by atoms with Gasteiger partial charge in [-0.2, -0.15) is 4.68 Å². The number of carbonyl (C=O) groups excluding carboxylic acids is 1. The molecule has 0 unspecified atom stereocenters. The predicted molar refractivity (Wildman–Crippen MR) is 139 cm³/mol. The van der Waals surface area contributed by atoms with Crippen LogP contribution < -0.4 is 10.2 Å². The van der Waals surface area contributed by atoms with Crippen molar-refractivity contribution >= 4 is 49.6 Å². The number of hydrogen-bond acceptors (Lipinski definition) is 6. The third-order valence-corrected chi connectivity index (χ3v) is 6.92. The summed E-state index contributed by atoms with van der Waals surface area (Å²) >= 11 is 3.51. The van der Waals surface area contributed by atoms with Gasteiger partial charge in [0, 0.05) is 34.9 Å². The second-order valence-corrected chi connectivity index (χ2v) is 9.60. The van der Waals surface area contributed by atoms with Gasteiger partial charge in [-0.25, -0.2) is 14.4 Å². The number of anilines is 1. The van der Waals surface area contributed by atoms with E-state index in [0.717, 1.165) is 34.6 Å². The number of aromatic nitrogens is 5. The quantitative estimate of drug-likeness (QED) is 0.353. The van der Waals surface area contributed by atoms with Crippen LogP contribution in [0.5, 0.6) is 0 Å². The molecule has 0 radical (unpaired) electrons. The fourth-order valence-electron chi connectivity index (χ4n) is 4.69. The van der Waals surface area contributed by atoms with E-state index in [1.54, 1.807) is 35.5 Å². The molecule has 8 nitrogen and oxygen atoms in total. The molecule has 0 saturated carbocycles. The molecule has 1 saturated heterocycles. The summed E-state index contributed by atoms with van der Waals surface area (Å²) in [5.74, 6) is -0.556. The van der Waals surface area contributed by atoms with Crippen LogP contribution in [0.15, 0.2) is 71.5 Å². The lowest BCUT2D eigenvalue weighted by Gasteiger charge is -2.34. The molecule has 3 aromatic heterocycles. The van der Waals surface area contributed by atoms with E-state index in [4.69, 9.17) is 0 Å². The summed E-state index contributed by atoms with van der Waals surface area (Å²) in [6.07, 6.45) is 5.02. The van der Waals surface area contributed by atoms with Gasteiger partial charge in [0.1, 0.15) is 17.2 Å². The zero-order chi connectivity index (χ0) is 24.6. The van der Waals surface area contributed by atoms with Crippen molar-refractivity contribution in [1.29, 1.82) is 0 Å². The average molecular weight is 546 g/mol. The lowest BCUT2D eigenvalue weighted by Crippen LogP contribution is -2.49. The molecule has 0 aliphatic carbocycles. The van der Waals surface area contributed by atoms with E-state index < -0.39 is 11.7 Å². The van der Waals surface area contributed by atoms with Crippen LogP contribution in [0.4, 0.5) is 10.2 Å². The van der Waals surface area contributed by atoms with Crippen LogP contribution in [-0.4, -0.2) is 50.0 Å². The summed E-state index contributed by atoms with van der Waals surface area (Å²) in [7, 11) is 0. The van der Waals surface area contributed by atoms with E-state index in [-0.39, 0.29) is 11.6 Å². The van der Waals surface area contributed by atoms with Gasteiger partial charge in [0.05, 0.1) is 17.3 Å². The summed E-state index contributed by atoms with van der Waals surface area (Å²) in [6, 6.07) is 15.6. The third-order valence-electron chi connectivity index (χ3n) is 6.42. The van der Waals surface area contributed by atoms with Crippen molar-refractivity contribution in [3.63, 3.8) is 0 Å². The second kappa shape index (κ2) is 9.36. The van der Waals surface area contributed by atoms with Gasteiger partial charge in [-0.05, 0) is 73.3 Å². The lowest BCUT2D eigenvalue weighted by molar-refractivity contribution is 0.0968. The van der Waals surface area contributed by atoms with Crippen LogP contribution in [0, 0.1) is 5.82 Å². The Kier molecular flexibility index (Phi) is 5.90. The number of nitrogens with one attached hydrogen (secondary N) is 1. The number of piperidine rings is 1. The summed E-state index contributed by atoms with van der Waals surface area (Å²) in [5, 5.41) is 13.3. The van der Waals surface area contributed by atoms with E-state index in [2.05, 4.69) is 41.5 Å². The Morgan fingerprint density at radius 3 is 2.86 bits per heavy atom. The van der Waals surface area contributed by atoms with Crippen LogP contribution >= 0.6 is 15.9 Å². The van der Waals surface area contributed by atoms with Crippen molar-refractivity contribution in [2.24, 2.45) is 0 Å². The van der Waals surface area contributed by atoms with Gasteiger partial charge in [-0.3, -0.25) is 9.69 Å². The molecular formula is C26H21BrFN7O. The van der Waals surface area contributed by atoms with Crippen molar-refractivity contribution in [1.82, 2.24) is 30.3 Å². The van der Waals surface area contributed by atoms with Crippen LogP contribution in [0.25, 0.3) is 27.6 Å². The zero-order valence-corrected chi connectivity index (χ0v) is 20.7. The summed E-state index contributed by atoms with van der Waals surface area (Å²) in [4.78, 5) is 24.5. The van der Waals surface area contributed by atoms with Gasteiger partial charge >= 0.3 is 0 Å². The Morgan fingerprint density at radius 1 is 1.11 bits per heavy atom. The first-order valence-corrected chi connectivity index (χ1v) is 12.4. The molecule has 10 heteroatoms. The Hall–Kier alpha value is -3.76. The highest BCUT2D eigenvalue weighted by Crippen LogP contribution is 2.31. The number of benzene rings is 2. The van der Waals surface area contributed by atoms with E-state index in [1.165, 1.54) is 16.8 Å². The van der Waals surface area contributed by atoms with Gasteiger partial charge in [-0.15, -0.1) is 5.10 Å². The first kappa shape index (κ1) is 22.7. The van der Waals surface area contributed by atoms with Crippen LogP contribution in [0.1, 0.15) is 23.2 Å². The van der Waals surface area contributed by atoms with Gasteiger partial charge < -0.3 is 5.32 Å². The molecule has 1 atom stereocenters. The fraction of sp³-hybridized carbons (Fsp3) is 0.192. The molecule has 180 valence electrons. The highest BCUT2D eigenvalue weighted by Gasteiger charge is 2.31. The fourth-order valence-corrected chi connectivity index (χ4v) is 5.07. The number of pyridine rings is 2. The number of rotatable bonds is 4.